The van der Waals surface area contributed by atoms with Gasteiger partial charge in [-0.15, -0.1) is 0 Å². The van der Waals surface area contributed by atoms with Crippen molar-refractivity contribution in [1.29, 1.82) is 0 Å². The summed E-state index contributed by atoms with van der Waals surface area (Å²) in [7, 11) is 0. The Kier molecular flexibility index (Phi) is 4.48. The van der Waals surface area contributed by atoms with E-state index in [2.05, 4.69) is 31.1 Å². The average molecular weight is 414 g/mol. The number of aliphatic hydroxyl groups is 1. The third-order valence-electron chi connectivity index (χ3n) is 3.99. The van der Waals surface area contributed by atoms with Gasteiger partial charge in [0, 0.05) is 16.3 Å². The first kappa shape index (κ1) is 16.8. The zero-order chi connectivity index (χ0) is 18.1. The van der Waals surface area contributed by atoms with Gasteiger partial charge in [0.05, 0.1) is 6.10 Å². The minimum absolute atomic E-state index is 0.188. The SMILES string of the molecule is OC(Cc1noc(-c2ccc3cccc(F)c3n2)n1)c1ccc(Br)cc1. The number of aliphatic hydroxyl groups excluding tert-OH is 1. The third kappa shape index (κ3) is 3.36. The quantitative estimate of drug-likeness (QED) is 0.534. The van der Waals surface area contributed by atoms with Crippen LogP contribution in [0.25, 0.3) is 22.5 Å². The van der Waals surface area contributed by atoms with Crippen molar-refractivity contribution in [2.45, 2.75) is 12.5 Å². The Morgan fingerprint density at radius 3 is 2.65 bits per heavy atom. The molecular weight excluding hydrogens is 401 g/mol. The molecule has 1 atom stereocenters. The Labute approximate surface area is 156 Å². The smallest absolute Gasteiger partial charge is 0.276 e. The van der Waals surface area contributed by atoms with Crippen molar-refractivity contribution in [3.8, 4) is 11.6 Å². The molecule has 2 aromatic carbocycles. The highest BCUT2D eigenvalue weighted by Crippen LogP contribution is 2.23. The van der Waals surface area contributed by atoms with E-state index in [1.54, 1.807) is 24.3 Å². The summed E-state index contributed by atoms with van der Waals surface area (Å²) in [5, 5.41) is 14.9. The molecule has 5 nitrogen and oxygen atoms in total. The molecule has 4 rings (SSSR count). The van der Waals surface area contributed by atoms with Crippen LogP contribution in [0.2, 0.25) is 0 Å². The maximum atomic E-state index is 13.9. The summed E-state index contributed by atoms with van der Waals surface area (Å²) in [6, 6.07) is 15.6. The zero-order valence-corrected chi connectivity index (χ0v) is 15.0. The van der Waals surface area contributed by atoms with Crippen LogP contribution in [0, 0.1) is 5.82 Å². The lowest BCUT2D eigenvalue weighted by molar-refractivity contribution is 0.174. The van der Waals surface area contributed by atoms with Gasteiger partial charge >= 0.3 is 0 Å². The second kappa shape index (κ2) is 6.93. The molecule has 0 radical (unpaired) electrons. The number of rotatable bonds is 4. The molecule has 2 heterocycles. The van der Waals surface area contributed by atoms with E-state index in [1.165, 1.54) is 6.07 Å². The predicted molar refractivity (Wildman–Crippen MR) is 97.8 cm³/mol. The van der Waals surface area contributed by atoms with E-state index in [9.17, 15) is 9.50 Å². The fraction of sp³-hybridized carbons (Fsp3) is 0.105. The van der Waals surface area contributed by atoms with E-state index in [-0.39, 0.29) is 17.8 Å². The van der Waals surface area contributed by atoms with Crippen LogP contribution in [0.5, 0.6) is 0 Å². The largest absolute Gasteiger partial charge is 0.388 e. The number of halogens is 2. The lowest BCUT2D eigenvalue weighted by Gasteiger charge is -2.08. The highest BCUT2D eigenvalue weighted by molar-refractivity contribution is 9.10. The summed E-state index contributed by atoms with van der Waals surface area (Å²) in [6.07, 6.45) is -0.553. The number of nitrogens with zero attached hydrogens (tertiary/aromatic N) is 3. The lowest BCUT2D eigenvalue weighted by Crippen LogP contribution is -2.03. The monoisotopic (exact) mass is 413 g/mol. The molecule has 0 aliphatic carbocycles. The number of para-hydroxylation sites is 1. The molecule has 0 fully saturated rings. The molecule has 1 N–H and O–H groups in total. The van der Waals surface area contributed by atoms with Crippen molar-refractivity contribution >= 4 is 26.8 Å². The van der Waals surface area contributed by atoms with Crippen LogP contribution in [0.3, 0.4) is 0 Å². The summed E-state index contributed by atoms with van der Waals surface area (Å²) >= 11 is 3.36. The summed E-state index contributed by atoms with van der Waals surface area (Å²) in [4.78, 5) is 8.53. The van der Waals surface area contributed by atoms with Crippen LogP contribution < -0.4 is 0 Å². The summed E-state index contributed by atoms with van der Waals surface area (Å²) in [5.74, 6) is 0.133. The van der Waals surface area contributed by atoms with Crippen molar-refractivity contribution in [2.24, 2.45) is 0 Å². The van der Waals surface area contributed by atoms with E-state index in [4.69, 9.17) is 4.52 Å². The molecule has 0 spiro atoms. The van der Waals surface area contributed by atoms with Gasteiger partial charge in [0.25, 0.3) is 5.89 Å². The molecular formula is C19H13BrFN3O2. The Hall–Kier alpha value is -2.64. The van der Waals surface area contributed by atoms with Gasteiger partial charge in [-0.05, 0) is 29.8 Å². The molecule has 0 amide bonds. The van der Waals surface area contributed by atoms with Gasteiger partial charge in [-0.25, -0.2) is 9.37 Å². The van der Waals surface area contributed by atoms with Crippen molar-refractivity contribution in [2.75, 3.05) is 0 Å². The van der Waals surface area contributed by atoms with E-state index < -0.39 is 11.9 Å². The van der Waals surface area contributed by atoms with Crippen molar-refractivity contribution in [1.82, 2.24) is 15.1 Å². The Balaban J connectivity index is 1.58. The fourth-order valence-electron chi connectivity index (χ4n) is 2.65. The maximum Gasteiger partial charge on any atom is 0.276 e. The average Bonchev–Trinajstić information content (AvgIpc) is 3.11. The van der Waals surface area contributed by atoms with E-state index >= 15 is 0 Å². The second-order valence-corrected chi connectivity index (χ2v) is 6.71. The van der Waals surface area contributed by atoms with Crippen molar-refractivity contribution in [3.05, 3.63) is 76.3 Å². The molecule has 1 unspecified atom stereocenters. The molecule has 0 saturated carbocycles. The number of hydrogen-bond donors (Lipinski definition) is 1. The topological polar surface area (TPSA) is 72.0 Å². The third-order valence-corrected chi connectivity index (χ3v) is 4.52. The van der Waals surface area contributed by atoms with Crippen LogP contribution in [0.15, 0.2) is 63.6 Å². The van der Waals surface area contributed by atoms with Crippen LogP contribution >= 0.6 is 15.9 Å². The minimum atomic E-state index is -0.754. The molecule has 7 heteroatoms. The molecule has 0 bridgehead atoms. The van der Waals surface area contributed by atoms with E-state index in [0.29, 0.717) is 16.9 Å². The van der Waals surface area contributed by atoms with Crippen LogP contribution in [0.1, 0.15) is 17.5 Å². The Bertz CT molecular complexity index is 1070. The van der Waals surface area contributed by atoms with E-state index in [0.717, 1.165) is 10.0 Å². The molecule has 0 aliphatic rings. The van der Waals surface area contributed by atoms with Gasteiger partial charge in [0.15, 0.2) is 5.82 Å². The van der Waals surface area contributed by atoms with Crippen LogP contribution in [0.4, 0.5) is 4.39 Å². The number of benzene rings is 2. The molecule has 0 aliphatic heterocycles. The summed E-state index contributed by atoms with van der Waals surface area (Å²) < 4.78 is 20.1. The van der Waals surface area contributed by atoms with Crippen LogP contribution in [-0.2, 0) is 6.42 Å². The molecule has 26 heavy (non-hydrogen) atoms. The van der Waals surface area contributed by atoms with Gasteiger partial charge in [0.1, 0.15) is 17.0 Å². The fourth-order valence-corrected chi connectivity index (χ4v) is 2.91. The summed E-state index contributed by atoms with van der Waals surface area (Å²) in [5.41, 5.74) is 1.39. The molecule has 130 valence electrons. The molecule has 2 aromatic heterocycles. The number of fused-ring (bicyclic) bond motifs is 1. The predicted octanol–water partition coefficient (Wildman–Crippen LogP) is 4.46. The zero-order valence-electron chi connectivity index (χ0n) is 13.4. The minimum Gasteiger partial charge on any atom is -0.388 e. The first-order valence-electron chi connectivity index (χ1n) is 7.92. The van der Waals surface area contributed by atoms with Gasteiger partial charge in [-0.3, -0.25) is 0 Å². The molecule has 0 saturated heterocycles. The van der Waals surface area contributed by atoms with Gasteiger partial charge in [-0.2, -0.15) is 4.98 Å². The number of pyridine rings is 1. The lowest BCUT2D eigenvalue weighted by atomic mass is 10.1. The Morgan fingerprint density at radius 2 is 1.85 bits per heavy atom. The van der Waals surface area contributed by atoms with Gasteiger partial charge in [-0.1, -0.05) is 51.4 Å². The first-order chi connectivity index (χ1) is 12.6. The summed E-state index contributed by atoms with van der Waals surface area (Å²) in [6.45, 7) is 0. The van der Waals surface area contributed by atoms with Crippen LogP contribution in [-0.4, -0.2) is 20.2 Å². The maximum absolute atomic E-state index is 13.9. The normalized spacial score (nSPS) is 12.4. The van der Waals surface area contributed by atoms with E-state index in [1.807, 2.05) is 24.3 Å². The molecule has 4 aromatic rings. The van der Waals surface area contributed by atoms with Gasteiger partial charge < -0.3 is 9.63 Å². The number of hydrogen-bond acceptors (Lipinski definition) is 5. The second-order valence-electron chi connectivity index (χ2n) is 5.80. The number of aromatic nitrogens is 3. The highest BCUT2D eigenvalue weighted by atomic mass is 79.9. The highest BCUT2D eigenvalue weighted by Gasteiger charge is 2.16. The van der Waals surface area contributed by atoms with Crippen molar-refractivity contribution in [3.63, 3.8) is 0 Å². The van der Waals surface area contributed by atoms with Gasteiger partial charge in [0.2, 0.25) is 0 Å². The first-order valence-corrected chi connectivity index (χ1v) is 8.71. The Morgan fingerprint density at radius 1 is 1.04 bits per heavy atom. The standard InChI is InChI=1S/C19H13BrFN3O2/c20-13-7-4-11(5-8-13)16(25)10-17-23-19(26-24-17)15-9-6-12-2-1-3-14(21)18(12)22-15/h1-9,16,25H,10H2. The van der Waals surface area contributed by atoms with Crippen molar-refractivity contribution < 1.29 is 14.0 Å².